The first-order valence-electron chi connectivity index (χ1n) is 11.1. The maximum absolute atomic E-state index is 2.47. The summed E-state index contributed by atoms with van der Waals surface area (Å²) in [4.78, 5) is 0. The minimum Gasteiger partial charge on any atom is -1.00 e. The lowest BCUT2D eigenvalue weighted by Gasteiger charge is -2.35. The molecule has 0 aromatic heterocycles. The number of halogens is 1. The molecule has 26 heavy (non-hydrogen) atoms. The molecule has 152 valence electrons. The highest BCUT2D eigenvalue weighted by Crippen LogP contribution is 2.17. The predicted octanol–water partition coefficient (Wildman–Crippen LogP) is 4.36. The van der Waals surface area contributed by atoms with Crippen molar-refractivity contribution in [1.82, 2.24) is 0 Å². The molecule has 0 N–H and O–H groups in total. The molecule has 1 unspecified atom stereocenters. The van der Waals surface area contributed by atoms with Crippen LogP contribution in [0.15, 0.2) is 30.3 Å². The molecule has 2 heteroatoms. The molecule has 0 heterocycles. The van der Waals surface area contributed by atoms with Crippen LogP contribution in [-0.4, -0.2) is 24.6 Å². The molecule has 1 aromatic carbocycles. The second-order valence-electron chi connectivity index (χ2n) is 8.25. The summed E-state index contributed by atoms with van der Waals surface area (Å²) in [6.07, 6.45) is 17.0. The van der Waals surface area contributed by atoms with E-state index in [1.54, 1.807) is 0 Å². The van der Waals surface area contributed by atoms with Crippen molar-refractivity contribution in [2.75, 3.05) is 20.1 Å². The van der Waals surface area contributed by atoms with Gasteiger partial charge in [0, 0.05) is 5.56 Å². The summed E-state index contributed by atoms with van der Waals surface area (Å²) in [6.45, 7) is 8.46. The van der Waals surface area contributed by atoms with Crippen LogP contribution in [0.25, 0.3) is 0 Å². The molecule has 0 saturated carbocycles. The highest BCUT2D eigenvalue weighted by Gasteiger charge is 2.20. The SMILES string of the molecule is CCCCCCCCCCCC[N+](C)(CCCC)Cc1ccccc1.[Br-]. The molecule has 0 radical (unpaired) electrons. The van der Waals surface area contributed by atoms with Crippen molar-refractivity contribution in [3.05, 3.63) is 35.9 Å². The molecule has 0 aliphatic rings. The van der Waals surface area contributed by atoms with Crippen molar-refractivity contribution in [1.29, 1.82) is 0 Å². The molecule has 0 fully saturated rings. The Balaban J connectivity index is 0.00000625. The number of unbranched alkanes of at least 4 members (excludes halogenated alkanes) is 10. The summed E-state index contributed by atoms with van der Waals surface area (Å²) < 4.78 is 1.22. The molecule has 1 aromatic rings. The minimum atomic E-state index is 0. The molecular weight excluding hydrogens is 382 g/mol. The monoisotopic (exact) mass is 425 g/mol. The van der Waals surface area contributed by atoms with Crippen molar-refractivity contribution in [2.45, 2.75) is 97.4 Å². The van der Waals surface area contributed by atoms with Gasteiger partial charge in [-0.1, -0.05) is 102 Å². The largest absolute Gasteiger partial charge is 1.00 e. The first kappa shape index (κ1) is 25.7. The number of nitrogens with zero attached hydrogens (tertiary/aromatic N) is 1. The maximum Gasteiger partial charge on any atom is 0.104 e. The Hall–Kier alpha value is -0.340. The smallest absolute Gasteiger partial charge is 0.104 e. The van der Waals surface area contributed by atoms with Crippen LogP contribution in [0.4, 0.5) is 0 Å². The highest BCUT2D eigenvalue weighted by molar-refractivity contribution is 5.13. The van der Waals surface area contributed by atoms with Gasteiger partial charge in [-0.2, -0.15) is 0 Å². The average molecular weight is 427 g/mol. The molecular formula is C24H44BrN. The maximum atomic E-state index is 2.47. The molecule has 1 nitrogen and oxygen atoms in total. The first-order valence-corrected chi connectivity index (χ1v) is 11.1. The van der Waals surface area contributed by atoms with E-state index in [1.807, 2.05) is 0 Å². The van der Waals surface area contributed by atoms with Crippen molar-refractivity contribution >= 4 is 0 Å². The van der Waals surface area contributed by atoms with E-state index in [2.05, 4.69) is 51.2 Å². The quantitative estimate of drug-likeness (QED) is 0.272. The van der Waals surface area contributed by atoms with Gasteiger partial charge in [0.1, 0.15) is 6.54 Å². The molecule has 0 aliphatic carbocycles. The van der Waals surface area contributed by atoms with Crippen molar-refractivity contribution in [3.63, 3.8) is 0 Å². The summed E-state index contributed by atoms with van der Waals surface area (Å²) in [5.74, 6) is 0. The molecule has 0 saturated heterocycles. The Morgan fingerprint density at radius 1 is 0.615 bits per heavy atom. The Morgan fingerprint density at radius 2 is 1.08 bits per heavy atom. The van der Waals surface area contributed by atoms with Crippen LogP contribution < -0.4 is 17.0 Å². The summed E-state index contributed by atoms with van der Waals surface area (Å²) in [5.41, 5.74) is 1.49. The van der Waals surface area contributed by atoms with E-state index in [0.717, 1.165) is 0 Å². The lowest BCUT2D eigenvalue weighted by Crippen LogP contribution is -3.00. The molecule has 0 amide bonds. The van der Waals surface area contributed by atoms with Crippen LogP contribution in [0.2, 0.25) is 0 Å². The Labute approximate surface area is 174 Å². The van der Waals surface area contributed by atoms with Gasteiger partial charge in [-0.05, 0) is 19.3 Å². The van der Waals surface area contributed by atoms with Gasteiger partial charge < -0.3 is 21.5 Å². The first-order chi connectivity index (χ1) is 12.2. The zero-order chi connectivity index (χ0) is 18.2. The fourth-order valence-electron chi connectivity index (χ4n) is 3.81. The zero-order valence-electron chi connectivity index (χ0n) is 17.8. The van der Waals surface area contributed by atoms with Gasteiger partial charge in [-0.25, -0.2) is 0 Å². The van der Waals surface area contributed by atoms with Crippen molar-refractivity contribution < 1.29 is 21.5 Å². The van der Waals surface area contributed by atoms with Crippen LogP contribution in [0.5, 0.6) is 0 Å². The van der Waals surface area contributed by atoms with Gasteiger partial charge in [0.15, 0.2) is 0 Å². The fraction of sp³-hybridized carbons (Fsp3) is 0.750. The van der Waals surface area contributed by atoms with Gasteiger partial charge in [0.2, 0.25) is 0 Å². The second kappa shape index (κ2) is 16.8. The standard InChI is InChI=1S/C24H44N.BrH/c1-4-6-8-9-10-11-12-13-14-18-22-25(3,21-7-5-2)23-24-19-16-15-17-20-24;/h15-17,19-20H,4-14,18,21-23H2,1-3H3;1H/q+1;/p-1. The zero-order valence-corrected chi connectivity index (χ0v) is 19.4. The topological polar surface area (TPSA) is 0 Å². The lowest BCUT2D eigenvalue weighted by atomic mass is 10.1. The summed E-state index contributed by atoms with van der Waals surface area (Å²) in [7, 11) is 2.47. The van der Waals surface area contributed by atoms with E-state index >= 15 is 0 Å². The summed E-state index contributed by atoms with van der Waals surface area (Å²) in [6, 6.07) is 11.1. The Bertz CT molecular complexity index is 406. The molecule has 0 spiro atoms. The van der Waals surface area contributed by atoms with Crippen molar-refractivity contribution in [2.24, 2.45) is 0 Å². The van der Waals surface area contributed by atoms with Crippen LogP contribution in [0.1, 0.15) is 96.5 Å². The van der Waals surface area contributed by atoms with Gasteiger partial charge in [0.05, 0.1) is 20.1 Å². The Morgan fingerprint density at radius 3 is 1.62 bits per heavy atom. The van der Waals surface area contributed by atoms with Crippen LogP contribution in [0, 0.1) is 0 Å². The average Bonchev–Trinajstić information content (AvgIpc) is 2.62. The third-order valence-electron chi connectivity index (χ3n) is 5.51. The molecule has 1 rings (SSSR count). The second-order valence-corrected chi connectivity index (χ2v) is 8.25. The van der Waals surface area contributed by atoms with E-state index in [-0.39, 0.29) is 17.0 Å². The Kier molecular flexibility index (Phi) is 16.6. The number of hydrogen-bond acceptors (Lipinski definition) is 0. The van der Waals surface area contributed by atoms with E-state index in [4.69, 9.17) is 0 Å². The minimum absolute atomic E-state index is 0. The summed E-state index contributed by atoms with van der Waals surface area (Å²) in [5, 5.41) is 0. The molecule has 1 atom stereocenters. The predicted molar refractivity (Wildman–Crippen MR) is 113 cm³/mol. The third-order valence-corrected chi connectivity index (χ3v) is 5.51. The highest BCUT2D eigenvalue weighted by atomic mass is 79.9. The van der Waals surface area contributed by atoms with Crippen molar-refractivity contribution in [3.8, 4) is 0 Å². The number of benzene rings is 1. The van der Waals surface area contributed by atoms with E-state index < -0.39 is 0 Å². The normalized spacial score (nSPS) is 13.2. The fourth-order valence-corrected chi connectivity index (χ4v) is 3.81. The van der Waals surface area contributed by atoms with E-state index in [0.29, 0.717) is 0 Å². The van der Waals surface area contributed by atoms with E-state index in [9.17, 15) is 0 Å². The number of quaternary nitrogens is 1. The van der Waals surface area contributed by atoms with Gasteiger partial charge in [-0.3, -0.25) is 0 Å². The van der Waals surface area contributed by atoms with Gasteiger partial charge in [-0.15, -0.1) is 0 Å². The van der Waals surface area contributed by atoms with Gasteiger partial charge >= 0.3 is 0 Å². The lowest BCUT2D eigenvalue weighted by molar-refractivity contribution is -0.923. The number of hydrogen-bond donors (Lipinski definition) is 0. The van der Waals surface area contributed by atoms with Crippen LogP contribution >= 0.6 is 0 Å². The van der Waals surface area contributed by atoms with Crippen LogP contribution in [0.3, 0.4) is 0 Å². The van der Waals surface area contributed by atoms with Crippen LogP contribution in [-0.2, 0) is 6.54 Å². The van der Waals surface area contributed by atoms with Gasteiger partial charge in [0.25, 0.3) is 0 Å². The molecule has 0 bridgehead atoms. The summed E-state index contributed by atoms with van der Waals surface area (Å²) >= 11 is 0. The van der Waals surface area contributed by atoms with E-state index in [1.165, 1.54) is 107 Å². The number of rotatable bonds is 16. The third kappa shape index (κ3) is 12.9. The molecule has 0 aliphatic heterocycles.